The highest BCUT2D eigenvalue weighted by Gasteiger charge is 2.36. The molecule has 0 unspecified atom stereocenters. The van der Waals surface area contributed by atoms with Gasteiger partial charge in [0.05, 0.1) is 13.0 Å². The van der Waals surface area contributed by atoms with Crippen molar-refractivity contribution in [2.24, 2.45) is 0 Å². The van der Waals surface area contributed by atoms with Gasteiger partial charge in [-0.15, -0.1) is 0 Å². The van der Waals surface area contributed by atoms with Crippen molar-refractivity contribution in [2.45, 2.75) is 5.92 Å². The normalized spacial score (nSPS) is 14.9. The molecule has 3 rings (SSSR count). The van der Waals surface area contributed by atoms with E-state index in [0.717, 1.165) is 5.56 Å². The van der Waals surface area contributed by atoms with Crippen LogP contribution in [0.25, 0.3) is 11.4 Å². The predicted octanol–water partition coefficient (Wildman–Crippen LogP) is 1.48. The minimum absolute atomic E-state index is 0.0661. The number of carbonyl (C=O) groups excluding carboxylic acids is 1. The Morgan fingerprint density at radius 3 is 3.00 bits per heavy atom. The van der Waals surface area contributed by atoms with Crippen LogP contribution in [0.3, 0.4) is 0 Å². The van der Waals surface area contributed by atoms with Gasteiger partial charge in [0.2, 0.25) is 11.7 Å². The van der Waals surface area contributed by atoms with Crippen molar-refractivity contribution < 1.29 is 14.1 Å². The van der Waals surface area contributed by atoms with E-state index in [1.807, 2.05) is 12.1 Å². The van der Waals surface area contributed by atoms with Crippen LogP contribution in [0.1, 0.15) is 11.8 Å². The Morgan fingerprint density at radius 1 is 1.50 bits per heavy atom. The number of hydrogen-bond donors (Lipinski definition) is 1. The number of anilines is 1. The molecule has 2 heterocycles. The summed E-state index contributed by atoms with van der Waals surface area (Å²) in [5, 5.41) is 3.94. The van der Waals surface area contributed by atoms with Crippen LogP contribution in [0.2, 0.25) is 0 Å². The zero-order valence-corrected chi connectivity index (χ0v) is 10.9. The summed E-state index contributed by atoms with van der Waals surface area (Å²) in [6.07, 6.45) is -0.336. The third-order valence-corrected chi connectivity index (χ3v) is 3.25. The standard InChI is InChI=1S/C13H14N4O3/c1-19-13(18)17-6-9(7-17)12-15-11(16-20-12)8-3-2-4-10(14)5-8/h2-5,9H,6-7,14H2,1H3. The Labute approximate surface area is 115 Å². The van der Waals surface area contributed by atoms with E-state index < -0.39 is 0 Å². The monoisotopic (exact) mass is 274 g/mol. The number of methoxy groups -OCH3 is 1. The molecule has 1 aromatic heterocycles. The van der Waals surface area contributed by atoms with Crippen LogP contribution in [0.4, 0.5) is 10.5 Å². The number of carbonyl (C=O) groups is 1. The molecule has 2 N–H and O–H groups in total. The van der Waals surface area contributed by atoms with Crippen LogP contribution in [0.5, 0.6) is 0 Å². The summed E-state index contributed by atoms with van der Waals surface area (Å²) in [5.74, 6) is 1.10. The van der Waals surface area contributed by atoms with Crippen molar-refractivity contribution >= 4 is 11.8 Å². The van der Waals surface area contributed by atoms with Gasteiger partial charge in [0.1, 0.15) is 0 Å². The van der Waals surface area contributed by atoms with Gasteiger partial charge in [-0.05, 0) is 12.1 Å². The number of ether oxygens (including phenoxy) is 1. The number of amides is 1. The largest absolute Gasteiger partial charge is 0.453 e. The Hall–Kier alpha value is -2.57. The second-order valence-corrected chi connectivity index (χ2v) is 4.65. The molecule has 1 fully saturated rings. The molecule has 1 aromatic carbocycles. The summed E-state index contributed by atoms with van der Waals surface area (Å²) < 4.78 is 9.88. The van der Waals surface area contributed by atoms with E-state index in [1.54, 1.807) is 17.0 Å². The molecule has 0 aliphatic carbocycles. The number of rotatable bonds is 2. The number of hydrogen-bond acceptors (Lipinski definition) is 6. The first-order valence-electron chi connectivity index (χ1n) is 6.20. The molecular weight excluding hydrogens is 260 g/mol. The number of aromatic nitrogens is 2. The van der Waals surface area contributed by atoms with Crippen molar-refractivity contribution in [3.05, 3.63) is 30.2 Å². The summed E-state index contributed by atoms with van der Waals surface area (Å²) in [6.45, 7) is 1.07. The summed E-state index contributed by atoms with van der Waals surface area (Å²) in [4.78, 5) is 17.2. The first kappa shape index (κ1) is 12.5. The van der Waals surface area contributed by atoms with E-state index in [4.69, 9.17) is 10.3 Å². The van der Waals surface area contributed by atoms with Crippen LogP contribution >= 0.6 is 0 Å². The topological polar surface area (TPSA) is 94.5 Å². The highest BCUT2D eigenvalue weighted by molar-refractivity contribution is 5.68. The lowest BCUT2D eigenvalue weighted by Crippen LogP contribution is -2.48. The van der Waals surface area contributed by atoms with Crippen LogP contribution in [-0.2, 0) is 4.74 Å². The maximum atomic E-state index is 11.3. The van der Waals surface area contributed by atoms with Crippen molar-refractivity contribution in [1.82, 2.24) is 15.0 Å². The zero-order chi connectivity index (χ0) is 14.1. The third-order valence-electron chi connectivity index (χ3n) is 3.25. The van der Waals surface area contributed by atoms with E-state index in [-0.39, 0.29) is 12.0 Å². The fraction of sp³-hybridized carbons (Fsp3) is 0.308. The molecule has 0 saturated carbocycles. The smallest absolute Gasteiger partial charge is 0.409 e. The number of nitrogens with zero attached hydrogens (tertiary/aromatic N) is 3. The maximum absolute atomic E-state index is 11.3. The van der Waals surface area contributed by atoms with E-state index in [2.05, 4.69) is 14.9 Å². The number of nitrogens with two attached hydrogens (primary N) is 1. The summed E-state index contributed by atoms with van der Waals surface area (Å²) >= 11 is 0. The van der Waals surface area contributed by atoms with Crippen LogP contribution in [0, 0.1) is 0 Å². The molecule has 7 heteroatoms. The summed E-state index contributed by atoms with van der Waals surface area (Å²) in [6, 6.07) is 7.29. The fourth-order valence-electron chi connectivity index (χ4n) is 2.11. The van der Waals surface area contributed by atoms with Gasteiger partial charge in [-0.25, -0.2) is 4.79 Å². The molecule has 20 heavy (non-hydrogen) atoms. The zero-order valence-electron chi connectivity index (χ0n) is 10.9. The van der Waals surface area contributed by atoms with Gasteiger partial charge in [0, 0.05) is 24.3 Å². The van der Waals surface area contributed by atoms with E-state index in [1.165, 1.54) is 7.11 Å². The number of likely N-dealkylation sites (tertiary alicyclic amines) is 1. The van der Waals surface area contributed by atoms with Gasteiger partial charge in [0.25, 0.3) is 0 Å². The predicted molar refractivity (Wildman–Crippen MR) is 70.9 cm³/mol. The lowest BCUT2D eigenvalue weighted by atomic mass is 10.0. The van der Waals surface area contributed by atoms with Gasteiger partial charge in [0.15, 0.2) is 0 Å². The van der Waals surface area contributed by atoms with Gasteiger partial charge in [-0.3, -0.25) is 0 Å². The molecule has 0 spiro atoms. The van der Waals surface area contributed by atoms with Crippen molar-refractivity contribution in [2.75, 3.05) is 25.9 Å². The lowest BCUT2D eigenvalue weighted by Gasteiger charge is -2.35. The van der Waals surface area contributed by atoms with E-state index in [9.17, 15) is 4.79 Å². The van der Waals surface area contributed by atoms with Crippen molar-refractivity contribution in [3.63, 3.8) is 0 Å². The Bertz CT molecular complexity index is 634. The quantitative estimate of drug-likeness (QED) is 0.833. The number of benzene rings is 1. The Kier molecular flexibility index (Phi) is 3.02. The minimum atomic E-state index is -0.336. The molecule has 1 aliphatic heterocycles. The second kappa shape index (κ2) is 4.84. The third kappa shape index (κ3) is 2.18. The summed E-state index contributed by atoms with van der Waals surface area (Å²) in [7, 11) is 1.36. The molecule has 0 atom stereocenters. The van der Waals surface area contributed by atoms with Crippen molar-refractivity contribution in [3.8, 4) is 11.4 Å². The number of nitrogen functional groups attached to an aromatic ring is 1. The van der Waals surface area contributed by atoms with Gasteiger partial charge in [-0.1, -0.05) is 17.3 Å². The minimum Gasteiger partial charge on any atom is -0.453 e. The van der Waals surface area contributed by atoms with Crippen LogP contribution in [0.15, 0.2) is 28.8 Å². The fourth-order valence-corrected chi connectivity index (χ4v) is 2.11. The first-order chi connectivity index (χ1) is 9.67. The first-order valence-corrected chi connectivity index (χ1v) is 6.20. The van der Waals surface area contributed by atoms with Gasteiger partial charge in [-0.2, -0.15) is 4.98 Å². The summed E-state index contributed by atoms with van der Waals surface area (Å²) in [5.41, 5.74) is 7.18. The molecule has 0 bridgehead atoms. The van der Waals surface area contributed by atoms with Gasteiger partial charge < -0.3 is 19.9 Å². The highest BCUT2D eigenvalue weighted by Crippen LogP contribution is 2.28. The lowest BCUT2D eigenvalue weighted by molar-refractivity contribution is 0.0804. The molecule has 7 nitrogen and oxygen atoms in total. The molecular formula is C13H14N4O3. The van der Waals surface area contributed by atoms with Crippen molar-refractivity contribution in [1.29, 1.82) is 0 Å². The second-order valence-electron chi connectivity index (χ2n) is 4.65. The maximum Gasteiger partial charge on any atom is 0.409 e. The van der Waals surface area contributed by atoms with Crippen LogP contribution < -0.4 is 5.73 Å². The highest BCUT2D eigenvalue weighted by atomic mass is 16.5. The molecule has 1 amide bonds. The molecule has 2 aromatic rings. The molecule has 104 valence electrons. The molecule has 1 saturated heterocycles. The average Bonchev–Trinajstić information content (AvgIpc) is 2.86. The van der Waals surface area contributed by atoms with E-state index in [0.29, 0.717) is 30.5 Å². The van der Waals surface area contributed by atoms with E-state index >= 15 is 0 Å². The average molecular weight is 274 g/mol. The van der Waals surface area contributed by atoms with Crippen LogP contribution in [-0.4, -0.2) is 41.3 Å². The molecule has 1 aliphatic rings. The SMILES string of the molecule is COC(=O)N1CC(c2nc(-c3cccc(N)c3)no2)C1. The Balaban J connectivity index is 1.71. The Morgan fingerprint density at radius 2 is 2.30 bits per heavy atom. The molecule has 0 radical (unpaired) electrons. The van der Waals surface area contributed by atoms with Gasteiger partial charge >= 0.3 is 6.09 Å².